The van der Waals surface area contributed by atoms with Gasteiger partial charge in [0.1, 0.15) is 11.5 Å². The third-order valence-electron chi connectivity index (χ3n) is 3.03. The molecule has 3 nitrogen and oxygen atoms in total. The van der Waals surface area contributed by atoms with Crippen molar-refractivity contribution in [1.29, 1.82) is 0 Å². The number of hydrogen-bond acceptors (Lipinski definition) is 3. The van der Waals surface area contributed by atoms with Gasteiger partial charge in [-0.1, -0.05) is 36.4 Å². The molecule has 0 aliphatic rings. The maximum absolute atomic E-state index is 12.2. The highest BCUT2D eigenvalue weighted by atomic mass is 16.5. The van der Waals surface area contributed by atoms with Gasteiger partial charge in [-0.2, -0.15) is 0 Å². The number of phenols is 1. The SMILES string of the molecule is CC(C)(C(=O)Oc1cccc(O)c1)c1ccccc1. The van der Waals surface area contributed by atoms with Crippen LogP contribution in [0.3, 0.4) is 0 Å². The molecule has 0 aliphatic carbocycles. The molecule has 0 saturated carbocycles. The molecule has 0 saturated heterocycles. The molecule has 0 aliphatic heterocycles. The number of benzene rings is 2. The highest BCUT2D eigenvalue weighted by Gasteiger charge is 2.31. The Morgan fingerprint density at radius 2 is 1.74 bits per heavy atom. The summed E-state index contributed by atoms with van der Waals surface area (Å²) in [5, 5.41) is 9.35. The molecule has 98 valence electrons. The minimum absolute atomic E-state index is 0.0721. The first-order valence-corrected chi connectivity index (χ1v) is 6.07. The van der Waals surface area contributed by atoms with E-state index in [0.717, 1.165) is 5.56 Å². The van der Waals surface area contributed by atoms with Crippen molar-refractivity contribution in [3.05, 3.63) is 60.2 Å². The molecule has 0 amide bonds. The first-order valence-electron chi connectivity index (χ1n) is 6.07. The van der Waals surface area contributed by atoms with E-state index in [1.165, 1.54) is 12.1 Å². The van der Waals surface area contributed by atoms with Crippen LogP contribution in [0.4, 0.5) is 0 Å². The number of ether oxygens (including phenoxy) is 1. The van der Waals surface area contributed by atoms with Gasteiger partial charge in [-0.25, -0.2) is 0 Å². The highest BCUT2D eigenvalue weighted by molar-refractivity contribution is 5.84. The Labute approximate surface area is 112 Å². The quantitative estimate of drug-likeness (QED) is 0.677. The normalized spacial score (nSPS) is 11.1. The van der Waals surface area contributed by atoms with Gasteiger partial charge in [-0.15, -0.1) is 0 Å². The predicted molar refractivity (Wildman–Crippen MR) is 73.2 cm³/mol. The van der Waals surface area contributed by atoms with Gasteiger partial charge in [-0.3, -0.25) is 4.79 Å². The summed E-state index contributed by atoms with van der Waals surface area (Å²) in [5.41, 5.74) is 0.146. The van der Waals surface area contributed by atoms with E-state index in [2.05, 4.69) is 0 Å². The molecule has 2 rings (SSSR count). The molecule has 3 heteroatoms. The zero-order valence-corrected chi connectivity index (χ0v) is 11.0. The number of hydrogen-bond donors (Lipinski definition) is 1. The number of phenolic OH excluding ortho intramolecular Hbond substituents is 1. The largest absolute Gasteiger partial charge is 0.508 e. The molecule has 0 spiro atoms. The maximum Gasteiger partial charge on any atom is 0.321 e. The number of aromatic hydroxyl groups is 1. The van der Waals surface area contributed by atoms with Crippen LogP contribution in [-0.4, -0.2) is 11.1 Å². The summed E-state index contributed by atoms with van der Waals surface area (Å²) in [7, 11) is 0. The molecule has 1 N–H and O–H groups in total. The second-order valence-corrected chi connectivity index (χ2v) is 4.88. The van der Waals surface area contributed by atoms with E-state index in [1.807, 2.05) is 44.2 Å². The number of carbonyl (C=O) groups excluding carboxylic acids is 1. The van der Waals surface area contributed by atoms with Gasteiger partial charge in [0.25, 0.3) is 0 Å². The molecule has 0 heterocycles. The van der Waals surface area contributed by atoms with E-state index in [4.69, 9.17) is 4.74 Å². The standard InChI is InChI=1S/C16H16O3/c1-16(2,12-7-4-3-5-8-12)15(18)19-14-10-6-9-13(17)11-14/h3-11,17H,1-2H3. The van der Waals surface area contributed by atoms with Crippen LogP contribution in [0.5, 0.6) is 11.5 Å². The smallest absolute Gasteiger partial charge is 0.321 e. The lowest BCUT2D eigenvalue weighted by atomic mass is 9.85. The summed E-state index contributed by atoms with van der Waals surface area (Å²) in [4.78, 5) is 12.2. The van der Waals surface area contributed by atoms with Crippen LogP contribution in [0.15, 0.2) is 54.6 Å². The zero-order valence-electron chi connectivity index (χ0n) is 11.0. The highest BCUT2D eigenvalue weighted by Crippen LogP contribution is 2.26. The lowest BCUT2D eigenvalue weighted by Gasteiger charge is -2.22. The first-order chi connectivity index (χ1) is 9.00. The third kappa shape index (κ3) is 2.94. The van der Waals surface area contributed by atoms with Gasteiger partial charge in [0.15, 0.2) is 0 Å². The van der Waals surface area contributed by atoms with E-state index in [1.54, 1.807) is 12.1 Å². The second-order valence-electron chi connectivity index (χ2n) is 4.88. The minimum atomic E-state index is -0.743. The van der Waals surface area contributed by atoms with Crippen molar-refractivity contribution in [2.24, 2.45) is 0 Å². The van der Waals surface area contributed by atoms with Gasteiger partial charge >= 0.3 is 5.97 Å². The Hall–Kier alpha value is -2.29. The van der Waals surface area contributed by atoms with Crippen molar-refractivity contribution in [3.8, 4) is 11.5 Å². The van der Waals surface area contributed by atoms with E-state index >= 15 is 0 Å². The molecule has 0 atom stereocenters. The van der Waals surface area contributed by atoms with Crippen LogP contribution in [0, 0.1) is 0 Å². The van der Waals surface area contributed by atoms with Crippen molar-refractivity contribution < 1.29 is 14.6 Å². The molecule has 0 bridgehead atoms. The van der Waals surface area contributed by atoms with Crippen LogP contribution in [0.2, 0.25) is 0 Å². The van der Waals surface area contributed by atoms with Crippen molar-refractivity contribution in [2.45, 2.75) is 19.3 Å². The Morgan fingerprint density at radius 1 is 1.05 bits per heavy atom. The average Bonchev–Trinajstić information content (AvgIpc) is 2.39. The molecule has 0 radical (unpaired) electrons. The number of carbonyl (C=O) groups is 1. The Morgan fingerprint density at radius 3 is 2.37 bits per heavy atom. The summed E-state index contributed by atoms with van der Waals surface area (Å²) < 4.78 is 5.32. The van der Waals surface area contributed by atoms with Gasteiger partial charge < -0.3 is 9.84 Å². The van der Waals surface area contributed by atoms with Crippen LogP contribution < -0.4 is 4.74 Å². The van der Waals surface area contributed by atoms with Crippen molar-refractivity contribution >= 4 is 5.97 Å². The van der Waals surface area contributed by atoms with Gasteiger partial charge in [0, 0.05) is 6.07 Å². The van der Waals surface area contributed by atoms with E-state index in [9.17, 15) is 9.90 Å². The average molecular weight is 256 g/mol. The second kappa shape index (κ2) is 5.14. The summed E-state index contributed by atoms with van der Waals surface area (Å²) >= 11 is 0. The molecule has 2 aromatic carbocycles. The fraction of sp³-hybridized carbons (Fsp3) is 0.188. The maximum atomic E-state index is 12.2. The monoisotopic (exact) mass is 256 g/mol. The fourth-order valence-electron chi connectivity index (χ4n) is 1.75. The third-order valence-corrected chi connectivity index (χ3v) is 3.03. The molecular weight excluding hydrogens is 240 g/mol. The van der Waals surface area contributed by atoms with Crippen LogP contribution >= 0.6 is 0 Å². The fourth-order valence-corrected chi connectivity index (χ4v) is 1.75. The van der Waals surface area contributed by atoms with E-state index in [-0.39, 0.29) is 11.7 Å². The lowest BCUT2D eigenvalue weighted by molar-refractivity contribution is -0.139. The first kappa shape index (κ1) is 13.1. The molecule has 19 heavy (non-hydrogen) atoms. The topological polar surface area (TPSA) is 46.5 Å². The molecule has 0 fully saturated rings. The van der Waals surface area contributed by atoms with E-state index < -0.39 is 5.41 Å². The summed E-state index contributed by atoms with van der Waals surface area (Å²) in [6, 6.07) is 15.7. The van der Waals surface area contributed by atoms with Crippen molar-refractivity contribution in [3.63, 3.8) is 0 Å². The molecular formula is C16H16O3. The summed E-state index contributed by atoms with van der Waals surface area (Å²) in [5.74, 6) is 0.0566. The Bertz CT molecular complexity index is 574. The van der Waals surface area contributed by atoms with Crippen LogP contribution in [0.1, 0.15) is 19.4 Å². The number of rotatable bonds is 3. The molecule has 0 aromatic heterocycles. The molecule has 2 aromatic rings. The van der Waals surface area contributed by atoms with Crippen molar-refractivity contribution in [1.82, 2.24) is 0 Å². The lowest BCUT2D eigenvalue weighted by Crippen LogP contribution is -2.33. The summed E-state index contributed by atoms with van der Waals surface area (Å²) in [6.45, 7) is 3.63. The Kier molecular flexibility index (Phi) is 3.56. The minimum Gasteiger partial charge on any atom is -0.508 e. The Balaban J connectivity index is 2.20. The summed E-state index contributed by atoms with van der Waals surface area (Å²) in [6.07, 6.45) is 0. The van der Waals surface area contributed by atoms with Gasteiger partial charge in [0.05, 0.1) is 5.41 Å². The van der Waals surface area contributed by atoms with Crippen molar-refractivity contribution in [2.75, 3.05) is 0 Å². The zero-order chi connectivity index (χ0) is 13.9. The molecule has 0 unspecified atom stereocenters. The van der Waals surface area contributed by atoms with Crippen LogP contribution in [-0.2, 0) is 10.2 Å². The van der Waals surface area contributed by atoms with E-state index in [0.29, 0.717) is 5.75 Å². The van der Waals surface area contributed by atoms with Crippen LogP contribution in [0.25, 0.3) is 0 Å². The van der Waals surface area contributed by atoms with Gasteiger partial charge in [0.2, 0.25) is 0 Å². The van der Waals surface area contributed by atoms with Gasteiger partial charge in [-0.05, 0) is 31.5 Å². The number of esters is 1. The predicted octanol–water partition coefficient (Wildman–Crippen LogP) is 3.28.